The van der Waals surface area contributed by atoms with E-state index in [4.69, 9.17) is 23.2 Å². The molecule has 0 saturated heterocycles. The van der Waals surface area contributed by atoms with Crippen LogP contribution in [-0.4, -0.2) is 0 Å². The van der Waals surface area contributed by atoms with Gasteiger partial charge in [-0.15, -0.1) is 23.2 Å². The molecule has 0 spiro atoms. The molecular formula is C12H7BrCl2F2. The van der Waals surface area contributed by atoms with Gasteiger partial charge in [-0.1, -0.05) is 36.4 Å². The molecule has 0 heterocycles. The quantitative estimate of drug-likeness (QED) is 0.610. The first kappa shape index (κ1) is 13.1. The van der Waals surface area contributed by atoms with Crippen LogP contribution in [0.4, 0.5) is 8.78 Å². The molecule has 0 aliphatic rings. The predicted molar refractivity (Wildman–Crippen MR) is 71.2 cm³/mol. The Bertz CT molecular complexity index is 550. The summed E-state index contributed by atoms with van der Waals surface area (Å²) in [6.45, 7) is 0. The fourth-order valence-electron chi connectivity index (χ4n) is 1.77. The molecule has 17 heavy (non-hydrogen) atoms. The zero-order chi connectivity index (χ0) is 12.6. The van der Waals surface area contributed by atoms with Gasteiger partial charge in [-0.05, 0) is 32.3 Å². The van der Waals surface area contributed by atoms with Crippen LogP contribution in [0.2, 0.25) is 0 Å². The minimum atomic E-state index is -3.07. The van der Waals surface area contributed by atoms with Gasteiger partial charge in [0.1, 0.15) is 4.84 Å². The molecule has 0 atom stereocenters. The van der Waals surface area contributed by atoms with Gasteiger partial charge in [-0.3, -0.25) is 0 Å². The molecule has 0 aromatic heterocycles. The monoisotopic (exact) mass is 338 g/mol. The lowest BCUT2D eigenvalue weighted by Crippen LogP contribution is -2.03. The van der Waals surface area contributed by atoms with E-state index in [1.54, 1.807) is 30.3 Å². The van der Waals surface area contributed by atoms with Gasteiger partial charge in [0.15, 0.2) is 0 Å². The summed E-state index contributed by atoms with van der Waals surface area (Å²) in [6, 6.07) is 9.68. The maximum atomic E-state index is 13.4. The average Bonchev–Trinajstić information content (AvgIpc) is 2.26. The lowest BCUT2D eigenvalue weighted by Gasteiger charge is -2.14. The van der Waals surface area contributed by atoms with Gasteiger partial charge in [0.25, 0.3) is 0 Å². The summed E-state index contributed by atoms with van der Waals surface area (Å²) < 4.78 is 26.7. The number of rotatable bonds is 2. The fraction of sp³-hybridized carbons (Fsp3) is 0.167. The maximum absolute atomic E-state index is 13.4. The van der Waals surface area contributed by atoms with Crippen molar-refractivity contribution >= 4 is 49.9 Å². The Kier molecular flexibility index (Phi) is 3.62. The molecule has 0 saturated carbocycles. The van der Waals surface area contributed by atoms with Crippen molar-refractivity contribution in [3.63, 3.8) is 0 Å². The Morgan fingerprint density at radius 2 is 1.59 bits per heavy atom. The lowest BCUT2D eigenvalue weighted by molar-refractivity contribution is 0.116. The van der Waals surface area contributed by atoms with Crippen molar-refractivity contribution < 1.29 is 8.78 Å². The highest BCUT2D eigenvalue weighted by Crippen LogP contribution is 2.40. The predicted octanol–water partition coefficient (Wildman–Crippen LogP) is 5.76. The van der Waals surface area contributed by atoms with Crippen LogP contribution in [0.1, 0.15) is 16.0 Å². The number of hydrogen-bond acceptors (Lipinski definition) is 0. The van der Waals surface area contributed by atoms with Crippen LogP contribution >= 0.6 is 39.1 Å². The molecule has 0 amide bonds. The van der Waals surface area contributed by atoms with Crippen molar-refractivity contribution in [3.05, 3.63) is 47.5 Å². The highest BCUT2D eigenvalue weighted by atomic mass is 79.9. The van der Waals surface area contributed by atoms with Gasteiger partial charge < -0.3 is 0 Å². The number of benzene rings is 2. The zero-order valence-corrected chi connectivity index (χ0v) is 11.5. The van der Waals surface area contributed by atoms with Crippen molar-refractivity contribution in [1.29, 1.82) is 0 Å². The smallest absolute Gasteiger partial charge is 0.188 e. The van der Waals surface area contributed by atoms with E-state index in [2.05, 4.69) is 15.9 Å². The van der Waals surface area contributed by atoms with E-state index in [9.17, 15) is 8.78 Å². The van der Waals surface area contributed by atoms with E-state index in [1.165, 1.54) is 6.07 Å². The van der Waals surface area contributed by atoms with Gasteiger partial charge in [0.2, 0.25) is 0 Å². The molecule has 2 aromatic rings. The summed E-state index contributed by atoms with van der Waals surface area (Å²) in [7, 11) is 0. The fourth-order valence-corrected chi connectivity index (χ4v) is 2.50. The first-order chi connectivity index (χ1) is 7.91. The second kappa shape index (κ2) is 4.71. The molecule has 0 nitrogen and oxygen atoms in total. The zero-order valence-electron chi connectivity index (χ0n) is 8.43. The summed E-state index contributed by atoms with van der Waals surface area (Å²) >= 11 is 14.0. The van der Waals surface area contributed by atoms with Crippen molar-refractivity contribution in [1.82, 2.24) is 0 Å². The highest BCUT2D eigenvalue weighted by Gasteiger charge is 2.29. The summed E-state index contributed by atoms with van der Waals surface area (Å²) in [4.78, 5) is -3.81. The first-order valence-electron chi connectivity index (χ1n) is 4.78. The molecule has 0 bridgehead atoms. The van der Waals surface area contributed by atoms with Gasteiger partial charge in [-0.25, -0.2) is 0 Å². The van der Waals surface area contributed by atoms with Gasteiger partial charge in [0.05, 0.1) is 0 Å². The molecule has 2 aromatic carbocycles. The van der Waals surface area contributed by atoms with Crippen LogP contribution in [0.25, 0.3) is 10.8 Å². The third-order valence-corrected chi connectivity index (χ3v) is 3.39. The van der Waals surface area contributed by atoms with Crippen LogP contribution in [0.5, 0.6) is 0 Å². The third kappa shape index (κ3) is 2.56. The number of alkyl halides is 5. The molecule has 0 aliphatic heterocycles. The van der Waals surface area contributed by atoms with Gasteiger partial charge in [-0.2, -0.15) is 8.78 Å². The van der Waals surface area contributed by atoms with Crippen LogP contribution in [0.3, 0.4) is 0 Å². The Hall–Kier alpha value is -0.380. The molecule has 0 unspecified atom stereocenters. The topological polar surface area (TPSA) is 0 Å². The standard InChI is InChI=1S/C12H7BrCl2F2/c13-12(16,17)10-6-2-3-7-8(10)4-1-5-9(7)11(14)15/h1-6,11H. The first-order valence-corrected chi connectivity index (χ1v) is 6.45. The van der Waals surface area contributed by atoms with Crippen LogP contribution in [0.15, 0.2) is 36.4 Å². The normalized spacial score (nSPS) is 12.4. The van der Waals surface area contributed by atoms with Crippen molar-refractivity contribution in [2.75, 3.05) is 0 Å². The van der Waals surface area contributed by atoms with Crippen molar-refractivity contribution in [2.45, 2.75) is 9.67 Å². The Morgan fingerprint density at radius 1 is 1.00 bits per heavy atom. The summed E-state index contributed by atoms with van der Waals surface area (Å²) in [5.41, 5.74) is 0.537. The molecule has 0 aliphatic carbocycles. The number of hydrogen-bond donors (Lipinski definition) is 0. The van der Waals surface area contributed by atoms with Crippen LogP contribution < -0.4 is 0 Å². The van der Waals surface area contributed by atoms with Crippen molar-refractivity contribution in [3.8, 4) is 0 Å². The SMILES string of the molecule is FC(F)(Br)c1cccc2c(C(Cl)Cl)cccc12. The van der Waals surface area contributed by atoms with E-state index < -0.39 is 9.67 Å². The van der Waals surface area contributed by atoms with E-state index >= 15 is 0 Å². The average molecular weight is 340 g/mol. The molecule has 2 rings (SSSR count). The summed E-state index contributed by atoms with van der Waals surface area (Å²) in [6.07, 6.45) is 0. The Morgan fingerprint density at radius 3 is 2.18 bits per heavy atom. The largest absolute Gasteiger partial charge is 0.327 e. The third-order valence-electron chi connectivity index (χ3n) is 2.50. The van der Waals surface area contributed by atoms with Crippen molar-refractivity contribution in [2.24, 2.45) is 0 Å². The molecule has 90 valence electrons. The van der Waals surface area contributed by atoms with E-state index in [-0.39, 0.29) is 5.56 Å². The van der Waals surface area contributed by atoms with Gasteiger partial charge in [0, 0.05) is 5.56 Å². The minimum absolute atomic E-state index is 0.0918. The lowest BCUT2D eigenvalue weighted by atomic mass is 10.0. The highest BCUT2D eigenvalue weighted by molar-refractivity contribution is 9.09. The summed E-state index contributed by atoms with van der Waals surface area (Å²) in [5.74, 6) is 0. The Balaban J connectivity index is 2.79. The maximum Gasteiger partial charge on any atom is 0.327 e. The molecule has 0 fully saturated rings. The second-order valence-corrected chi connectivity index (χ2v) is 5.64. The minimum Gasteiger partial charge on any atom is -0.188 e. The molecule has 0 radical (unpaired) electrons. The van der Waals surface area contributed by atoms with E-state index in [0.717, 1.165) is 0 Å². The number of fused-ring (bicyclic) bond motifs is 1. The van der Waals surface area contributed by atoms with Crippen LogP contribution in [-0.2, 0) is 4.83 Å². The van der Waals surface area contributed by atoms with Gasteiger partial charge >= 0.3 is 4.83 Å². The number of halogens is 5. The Labute approximate surface area is 116 Å². The van der Waals surface area contributed by atoms with E-state index in [0.29, 0.717) is 16.3 Å². The molecular weight excluding hydrogens is 333 g/mol. The molecule has 0 N–H and O–H groups in total. The van der Waals surface area contributed by atoms with E-state index in [1.807, 2.05) is 0 Å². The van der Waals surface area contributed by atoms with Crippen LogP contribution in [0, 0.1) is 0 Å². The summed E-state index contributed by atoms with van der Waals surface area (Å²) in [5, 5.41) is 1.08. The molecule has 5 heteroatoms. The second-order valence-electron chi connectivity index (χ2n) is 3.55.